The van der Waals surface area contributed by atoms with Crippen molar-refractivity contribution in [1.82, 2.24) is 10.6 Å². The lowest BCUT2D eigenvalue weighted by Crippen LogP contribution is -2.39. The van der Waals surface area contributed by atoms with E-state index < -0.39 is 0 Å². The molecule has 1 aromatic rings. The smallest absolute Gasteiger partial charge is 0.190 e. The monoisotopic (exact) mass is 449 g/mol. The van der Waals surface area contributed by atoms with Crippen molar-refractivity contribution in [3.8, 4) is 5.75 Å². The Hall–Kier alpha value is -1.02. The Morgan fingerprint density at radius 2 is 1.88 bits per heavy atom. The van der Waals surface area contributed by atoms with Crippen LogP contribution in [0.2, 0.25) is 0 Å². The third kappa shape index (κ3) is 10.7. The van der Waals surface area contributed by atoms with Gasteiger partial charge in [0.15, 0.2) is 5.96 Å². The molecule has 5 nitrogen and oxygen atoms in total. The standard InChI is InChI=1S/C18H31N3O2.HI/c1-4-5-13-23-14-7-11-20-18(19-2)21-12-10-16-8-6-9-17(15-16)22-3;/h6,8-9,15H,4-5,7,10-14H2,1-3H3,(H2,19,20,21);1H. The average molecular weight is 449 g/mol. The Bertz CT molecular complexity index is 456. The van der Waals surface area contributed by atoms with Gasteiger partial charge in [-0.3, -0.25) is 4.99 Å². The van der Waals surface area contributed by atoms with Crippen LogP contribution in [0.1, 0.15) is 31.7 Å². The molecular weight excluding hydrogens is 417 g/mol. The van der Waals surface area contributed by atoms with Crippen LogP contribution in [-0.2, 0) is 11.2 Å². The summed E-state index contributed by atoms with van der Waals surface area (Å²) in [7, 11) is 3.48. The number of halogens is 1. The minimum Gasteiger partial charge on any atom is -0.497 e. The fourth-order valence-corrected chi connectivity index (χ4v) is 2.10. The summed E-state index contributed by atoms with van der Waals surface area (Å²) in [5.74, 6) is 1.73. The highest BCUT2D eigenvalue weighted by atomic mass is 127. The van der Waals surface area contributed by atoms with Crippen LogP contribution in [0.4, 0.5) is 0 Å². The van der Waals surface area contributed by atoms with Crippen LogP contribution in [0.5, 0.6) is 5.75 Å². The molecule has 0 radical (unpaired) electrons. The largest absolute Gasteiger partial charge is 0.497 e. The van der Waals surface area contributed by atoms with Crippen molar-refractivity contribution in [3.05, 3.63) is 29.8 Å². The summed E-state index contributed by atoms with van der Waals surface area (Å²) in [4.78, 5) is 4.23. The van der Waals surface area contributed by atoms with Crippen molar-refractivity contribution < 1.29 is 9.47 Å². The molecule has 2 N–H and O–H groups in total. The molecule has 0 heterocycles. The van der Waals surface area contributed by atoms with Gasteiger partial charge in [-0.2, -0.15) is 0 Å². The van der Waals surface area contributed by atoms with Gasteiger partial charge in [-0.15, -0.1) is 24.0 Å². The zero-order chi connectivity index (χ0) is 16.8. The first-order valence-corrected chi connectivity index (χ1v) is 8.45. The fraction of sp³-hybridized carbons (Fsp3) is 0.611. The topological polar surface area (TPSA) is 54.9 Å². The molecule has 0 saturated heterocycles. The molecule has 1 aromatic carbocycles. The van der Waals surface area contributed by atoms with Gasteiger partial charge in [-0.25, -0.2) is 0 Å². The Morgan fingerprint density at radius 1 is 1.12 bits per heavy atom. The van der Waals surface area contributed by atoms with Crippen molar-refractivity contribution in [1.29, 1.82) is 0 Å². The number of rotatable bonds is 11. The molecule has 0 fully saturated rings. The molecule has 0 unspecified atom stereocenters. The Kier molecular flexibility index (Phi) is 14.8. The van der Waals surface area contributed by atoms with Gasteiger partial charge in [0.05, 0.1) is 7.11 Å². The molecule has 0 amide bonds. The van der Waals surface area contributed by atoms with Gasteiger partial charge < -0.3 is 20.1 Å². The molecule has 0 aliphatic heterocycles. The van der Waals surface area contributed by atoms with Crippen molar-refractivity contribution in [3.63, 3.8) is 0 Å². The van der Waals surface area contributed by atoms with Crippen LogP contribution in [0.15, 0.2) is 29.3 Å². The van der Waals surface area contributed by atoms with Gasteiger partial charge in [0.25, 0.3) is 0 Å². The van der Waals surface area contributed by atoms with Gasteiger partial charge in [-0.05, 0) is 37.0 Å². The molecule has 0 atom stereocenters. The first kappa shape index (κ1) is 23.0. The third-order valence-corrected chi connectivity index (χ3v) is 3.46. The summed E-state index contributed by atoms with van der Waals surface area (Å²) in [6, 6.07) is 8.14. The molecular formula is C18H32IN3O2. The molecule has 24 heavy (non-hydrogen) atoms. The van der Waals surface area contributed by atoms with Crippen molar-refractivity contribution in [2.75, 3.05) is 40.5 Å². The minimum absolute atomic E-state index is 0. The highest BCUT2D eigenvalue weighted by molar-refractivity contribution is 14.0. The van der Waals surface area contributed by atoms with E-state index in [4.69, 9.17) is 9.47 Å². The molecule has 0 saturated carbocycles. The van der Waals surface area contributed by atoms with Gasteiger partial charge in [0, 0.05) is 33.4 Å². The number of hydrogen-bond acceptors (Lipinski definition) is 3. The first-order chi connectivity index (χ1) is 11.3. The lowest BCUT2D eigenvalue weighted by molar-refractivity contribution is 0.129. The number of guanidine groups is 1. The Morgan fingerprint density at radius 3 is 2.58 bits per heavy atom. The summed E-state index contributed by atoms with van der Waals surface area (Å²) in [6.07, 6.45) is 4.24. The third-order valence-electron chi connectivity index (χ3n) is 3.46. The maximum Gasteiger partial charge on any atom is 0.190 e. The van der Waals surface area contributed by atoms with Crippen molar-refractivity contribution in [2.45, 2.75) is 32.6 Å². The van der Waals surface area contributed by atoms with E-state index in [0.29, 0.717) is 0 Å². The van der Waals surface area contributed by atoms with Crippen molar-refractivity contribution >= 4 is 29.9 Å². The number of ether oxygens (including phenoxy) is 2. The SMILES string of the molecule is CCCCOCCCNC(=NC)NCCc1cccc(OC)c1.I. The summed E-state index contributed by atoms with van der Waals surface area (Å²) < 4.78 is 10.8. The number of nitrogens with one attached hydrogen (secondary N) is 2. The number of hydrogen-bond donors (Lipinski definition) is 2. The Balaban J connectivity index is 0.00000529. The predicted molar refractivity (Wildman–Crippen MR) is 112 cm³/mol. The lowest BCUT2D eigenvalue weighted by atomic mass is 10.1. The zero-order valence-corrected chi connectivity index (χ0v) is 17.5. The molecule has 0 aliphatic rings. The van der Waals surface area contributed by atoms with E-state index in [1.165, 1.54) is 12.0 Å². The average Bonchev–Trinajstić information content (AvgIpc) is 2.59. The summed E-state index contributed by atoms with van der Waals surface area (Å²) in [5.41, 5.74) is 1.25. The lowest BCUT2D eigenvalue weighted by Gasteiger charge is -2.12. The maximum absolute atomic E-state index is 5.54. The van der Waals surface area contributed by atoms with Crippen LogP contribution in [0, 0.1) is 0 Å². The molecule has 0 aliphatic carbocycles. The highest BCUT2D eigenvalue weighted by Crippen LogP contribution is 2.12. The van der Waals surface area contributed by atoms with E-state index in [1.807, 2.05) is 12.1 Å². The van der Waals surface area contributed by atoms with E-state index in [0.717, 1.165) is 57.3 Å². The second-order valence-electron chi connectivity index (χ2n) is 5.35. The molecule has 0 bridgehead atoms. The zero-order valence-electron chi connectivity index (χ0n) is 15.1. The highest BCUT2D eigenvalue weighted by Gasteiger charge is 1.99. The van der Waals surface area contributed by atoms with E-state index in [-0.39, 0.29) is 24.0 Å². The Labute approximate surface area is 163 Å². The normalized spacial score (nSPS) is 10.9. The number of methoxy groups -OCH3 is 1. The summed E-state index contributed by atoms with van der Waals surface area (Å²) >= 11 is 0. The second kappa shape index (κ2) is 15.5. The van der Waals surface area contributed by atoms with E-state index in [1.54, 1.807) is 14.2 Å². The number of benzene rings is 1. The van der Waals surface area contributed by atoms with Crippen molar-refractivity contribution in [2.24, 2.45) is 4.99 Å². The number of unbranched alkanes of at least 4 members (excludes halogenated alkanes) is 1. The first-order valence-electron chi connectivity index (χ1n) is 8.45. The maximum atomic E-state index is 5.54. The van der Waals surface area contributed by atoms with Crippen LogP contribution < -0.4 is 15.4 Å². The minimum atomic E-state index is 0. The van der Waals surface area contributed by atoms with E-state index >= 15 is 0 Å². The van der Waals surface area contributed by atoms with Gasteiger partial charge in [0.1, 0.15) is 5.75 Å². The van der Waals surface area contributed by atoms with Gasteiger partial charge in [-0.1, -0.05) is 25.5 Å². The van der Waals surface area contributed by atoms with Crippen LogP contribution in [0.3, 0.4) is 0 Å². The molecule has 138 valence electrons. The van der Waals surface area contributed by atoms with Gasteiger partial charge >= 0.3 is 0 Å². The van der Waals surface area contributed by atoms with Crippen LogP contribution in [-0.4, -0.2) is 46.4 Å². The number of nitrogens with zero attached hydrogens (tertiary/aromatic N) is 1. The fourth-order valence-electron chi connectivity index (χ4n) is 2.10. The molecule has 6 heteroatoms. The van der Waals surface area contributed by atoms with Crippen LogP contribution in [0.25, 0.3) is 0 Å². The molecule has 1 rings (SSSR count). The van der Waals surface area contributed by atoms with Gasteiger partial charge in [0.2, 0.25) is 0 Å². The second-order valence-corrected chi connectivity index (χ2v) is 5.35. The number of aliphatic imine (C=N–C) groups is 1. The summed E-state index contributed by atoms with van der Waals surface area (Å²) in [6.45, 7) is 5.54. The quantitative estimate of drug-likeness (QED) is 0.236. The molecule has 0 spiro atoms. The predicted octanol–water partition coefficient (Wildman–Crippen LogP) is 3.23. The summed E-state index contributed by atoms with van der Waals surface area (Å²) in [5, 5.41) is 6.63. The van der Waals surface area contributed by atoms with Crippen LogP contribution >= 0.6 is 24.0 Å². The van der Waals surface area contributed by atoms with E-state index in [2.05, 4.69) is 34.7 Å². The van der Waals surface area contributed by atoms with E-state index in [9.17, 15) is 0 Å². The molecule has 0 aromatic heterocycles.